The second kappa shape index (κ2) is 5.13. The summed E-state index contributed by atoms with van der Waals surface area (Å²) in [5, 5.41) is 3.34. The molecule has 0 saturated heterocycles. The van der Waals surface area contributed by atoms with Gasteiger partial charge < -0.3 is 5.32 Å². The minimum absolute atomic E-state index is 0.485. The van der Waals surface area contributed by atoms with Gasteiger partial charge in [0.2, 0.25) is 0 Å². The van der Waals surface area contributed by atoms with Crippen molar-refractivity contribution >= 4 is 17.3 Å². The van der Waals surface area contributed by atoms with Crippen LogP contribution in [0.3, 0.4) is 0 Å². The van der Waals surface area contributed by atoms with Crippen LogP contribution in [-0.4, -0.2) is 11.9 Å². The Balaban J connectivity index is 2.59. The van der Waals surface area contributed by atoms with E-state index in [2.05, 4.69) is 43.4 Å². The summed E-state index contributed by atoms with van der Waals surface area (Å²) in [7, 11) is 0. The maximum absolute atomic E-state index is 5.64. The Morgan fingerprint density at radius 2 is 1.85 bits per heavy atom. The molecule has 0 aliphatic carbocycles. The highest BCUT2D eigenvalue weighted by Crippen LogP contribution is 2.11. The number of alkyl halides is 1. The summed E-state index contributed by atoms with van der Waals surface area (Å²) in [6, 6.07) is 8.92. The molecule has 0 aliphatic heterocycles. The van der Waals surface area contributed by atoms with E-state index in [9.17, 15) is 0 Å². The highest BCUT2D eigenvalue weighted by molar-refractivity contribution is 6.17. The normalized spacial score (nSPS) is 10.5. The van der Waals surface area contributed by atoms with Gasteiger partial charge in [-0.1, -0.05) is 12.1 Å². The van der Waals surface area contributed by atoms with Crippen LogP contribution in [-0.2, 0) is 6.42 Å². The van der Waals surface area contributed by atoms with Gasteiger partial charge in [-0.05, 0) is 38.0 Å². The summed E-state index contributed by atoms with van der Waals surface area (Å²) in [4.78, 5) is 0. The van der Waals surface area contributed by atoms with Gasteiger partial charge in [-0.2, -0.15) is 0 Å². The molecule has 0 spiro atoms. The molecule has 0 fully saturated rings. The van der Waals surface area contributed by atoms with Crippen molar-refractivity contribution < 1.29 is 0 Å². The van der Waals surface area contributed by atoms with E-state index in [1.54, 1.807) is 0 Å². The summed E-state index contributed by atoms with van der Waals surface area (Å²) >= 11 is 5.64. The summed E-state index contributed by atoms with van der Waals surface area (Å²) in [5.74, 6) is 0.691. The van der Waals surface area contributed by atoms with Crippen LogP contribution in [0.4, 0.5) is 5.69 Å². The fraction of sp³-hybridized carbons (Fsp3) is 0.455. The number of hydrogen-bond acceptors (Lipinski definition) is 1. The van der Waals surface area contributed by atoms with Gasteiger partial charge in [-0.3, -0.25) is 0 Å². The summed E-state index contributed by atoms with van der Waals surface area (Å²) in [6.07, 6.45) is 0.948. The lowest BCUT2D eigenvalue weighted by atomic mass is 10.1. The molecule has 0 aliphatic rings. The van der Waals surface area contributed by atoms with Crippen LogP contribution in [0.2, 0.25) is 0 Å². The topological polar surface area (TPSA) is 12.0 Å². The minimum atomic E-state index is 0.485. The van der Waals surface area contributed by atoms with Gasteiger partial charge >= 0.3 is 0 Å². The average Bonchev–Trinajstić information content (AvgIpc) is 2.08. The van der Waals surface area contributed by atoms with Gasteiger partial charge in [0.25, 0.3) is 0 Å². The molecule has 1 nitrogen and oxygen atoms in total. The van der Waals surface area contributed by atoms with Crippen molar-refractivity contribution in [2.45, 2.75) is 26.3 Å². The van der Waals surface area contributed by atoms with E-state index in [1.165, 1.54) is 11.3 Å². The molecule has 2 heteroatoms. The maximum atomic E-state index is 5.64. The largest absolute Gasteiger partial charge is 0.383 e. The van der Waals surface area contributed by atoms with Gasteiger partial charge in [0, 0.05) is 17.6 Å². The Hall–Kier alpha value is -0.690. The minimum Gasteiger partial charge on any atom is -0.383 e. The van der Waals surface area contributed by atoms with Crippen molar-refractivity contribution in [3.8, 4) is 0 Å². The maximum Gasteiger partial charge on any atom is 0.0342 e. The zero-order valence-corrected chi connectivity index (χ0v) is 8.93. The van der Waals surface area contributed by atoms with Crippen LogP contribution in [0, 0.1) is 0 Å². The molecule has 0 saturated carbocycles. The standard InChI is InChI=1S/C11H16ClN/c1-9(2)13-11-5-3-10(4-6-11)7-8-12/h3-6,9,13H,7-8H2,1-2H3. The molecule has 0 heterocycles. The molecule has 0 amide bonds. The highest BCUT2D eigenvalue weighted by Gasteiger charge is 1.95. The molecule has 72 valence electrons. The van der Waals surface area contributed by atoms with Crippen LogP contribution in [0.25, 0.3) is 0 Å². The smallest absolute Gasteiger partial charge is 0.0342 e. The predicted octanol–water partition coefficient (Wildman–Crippen LogP) is 3.29. The summed E-state index contributed by atoms with van der Waals surface area (Å²) in [5.41, 5.74) is 2.47. The Morgan fingerprint density at radius 1 is 1.23 bits per heavy atom. The quantitative estimate of drug-likeness (QED) is 0.731. The second-order valence-corrected chi connectivity index (χ2v) is 3.81. The van der Waals surface area contributed by atoms with E-state index in [1.807, 2.05) is 0 Å². The molecule has 13 heavy (non-hydrogen) atoms. The lowest BCUT2D eigenvalue weighted by Gasteiger charge is -2.09. The first-order chi connectivity index (χ1) is 6.22. The zero-order chi connectivity index (χ0) is 9.68. The first kappa shape index (κ1) is 10.4. The van der Waals surface area contributed by atoms with E-state index in [-0.39, 0.29) is 0 Å². The van der Waals surface area contributed by atoms with Crippen molar-refractivity contribution in [1.82, 2.24) is 0 Å². The monoisotopic (exact) mass is 197 g/mol. The number of aryl methyl sites for hydroxylation is 1. The van der Waals surface area contributed by atoms with Gasteiger partial charge in [0.05, 0.1) is 0 Å². The molecular weight excluding hydrogens is 182 g/mol. The van der Waals surface area contributed by atoms with Gasteiger partial charge in [-0.25, -0.2) is 0 Å². The summed E-state index contributed by atoms with van der Waals surface area (Å²) < 4.78 is 0. The second-order valence-electron chi connectivity index (χ2n) is 3.43. The van der Waals surface area contributed by atoms with E-state index in [4.69, 9.17) is 11.6 Å². The molecule has 0 unspecified atom stereocenters. The fourth-order valence-corrected chi connectivity index (χ4v) is 1.43. The lowest BCUT2D eigenvalue weighted by molar-refractivity contribution is 0.899. The number of anilines is 1. The Morgan fingerprint density at radius 3 is 2.31 bits per heavy atom. The van der Waals surface area contributed by atoms with E-state index >= 15 is 0 Å². The molecule has 1 rings (SSSR count). The van der Waals surface area contributed by atoms with Crippen LogP contribution in [0.1, 0.15) is 19.4 Å². The third-order valence-corrected chi connectivity index (χ3v) is 1.98. The third-order valence-electron chi connectivity index (χ3n) is 1.79. The SMILES string of the molecule is CC(C)Nc1ccc(CCCl)cc1. The number of hydrogen-bond donors (Lipinski definition) is 1. The van der Waals surface area contributed by atoms with Gasteiger partial charge in [-0.15, -0.1) is 11.6 Å². The number of halogens is 1. The van der Waals surface area contributed by atoms with Gasteiger partial charge in [0.1, 0.15) is 0 Å². The number of nitrogens with one attached hydrogen (secondary N) is 1. The molecule has 0 bridgehead atoms. The van der Waals surface area contributed by atoms with E-state index < -0.39 is 0 Å². The lowest BCUT2D eigenvalue weighted by Crippen LogP contribution is -2.09. The van der Waals surface area contributed by atoms with Crippen molar-refractivity contribution in [2.24, 2.45) is 0 Å². The van der Waals surface area contributed by atoms with Crippen LogP contribution < -0.4 is 5.32 Å². The first-order valence-corrected chi connectivity index (χ1v) is 5.17. The Bertz CT molecular complexity index is 241. The zero-order valence-electron chi connectivity index (χ0n) is 8.18. The summed E-state index contributed by atoms with van der Waals surface area (Å²) in [6.45, 7) is 4.26. The fourth-order valence-electron chi connectivity index (χ4n) is 1.21. The number of rotatable bonds is 4. The predicted molar refractivity (Wildman–Crippen MR) is 59.6 cm³/mol. The van der Waals surface area contributed by atoms with E-state index in [0.717, 1.165) is 6.42 Å². The first-order valence-electron chi connectivity index (χ1n) is 4.64. The third kappa shape index (κ3) is 3.69. The van der Waals surface area contributed by atoms with Crippen molar-refractivity contribution in [3.05, 3.63) is 29.8 Å². The average molecular weight is 198 g/mol. The molecule has 0 atom stereocenters. The van der Waals surface area contributed by atoms with Crippen molar-refractivity contribution in [1.29, 1.82) is 0 Å². The molecule has 0 aromatic heterocycles. The molecule has 1 N–H and O–H groups in total. The van der Waals surface area contributed by atoms with Crippen LogP contribution in [0.5, 0.6) is 0 Å². The van der Waals surface area contributed by atoms with Crippen molar-refractivity contribution in [3.63, 3.8) is 0 Å². The molecular formula is C11H16ClN. The highest BCUT2D eigenvalue weighted by atomic mass is 35.5. The van der Waals surface area contributed by atoms with Crippen LogP contribution in [0.15, 0.2) is 24.3 Å². The van der Waals surface area contributed by atoms with Crippen molar-refractivity contribution in [2.75, 3.05) is 11.2 Å². The Kier molecular flexibility index (Phi) is 4.10. The van der Waals surface area contributed by atoms with Crippen LogP contribution >= 0.6 is 11.6 Å². The molecule has 1 aromatic carbocycles. The van der Waals surface area contributed by atoms with Gasteiger partial charge in [0.15, 0.2) is 0 Å². The number of benzene rings is 1. The Labute approximate surface area is 85.1 Å². The molecule has 1 aromatic rings. The molecule has 0 radical (unpaired) electrons. The van der Waals surface area contributed by atoms with E-state index in [0.29, 0.717) is 11.9 Å².